The van der Waals surface area contributed by atoms with Crippen molar-refractivity contribution in [2.24, 2.45) is 0 Å². The second kappa shape index (κ2) is 9.65. The highest BCUT2D eigenvalue weighted by Gasteiger charge is 2.13. The van der Waals surface area contributed by atoms with Crippen molar-refractivity contribution in [2.75, 3.05) is 17.6 Å². The quantitative estimate of drug-likeness (QED) is 0.227. The van der Waals surface area contributed by atoms with Crippen LogP contribution in [-0.2, 0) is 4.79 Å². The van der Waals surface area contributed by atoms with Gasteiger partial charge in [0.25, 0.3) is 11.6 Å². The molecule has 0 saturated carbocycles. The van der Waals surface area contributed by atoms with Crippen LogP contribution in [-0.4, -0.2) is 39.0 Å². The summed E-state index contributed by atoms with van der Waals surface area (Å²) in [4.78, 5) is 43.2. The van der Waals surface area contributed by atoms with Crippen LogP contribution in [0.1, 0.15) is 17.3 Å². The average Bonchev–Trinajstić information content (AvgIpc) is 2.76. The van der Waals surface area contributed by atoms with Gasteiger partial charge in [-0.1, -0.05) is 30.0 Å². The van der Waals surface area contributed by atoms with E-state index in [-0.39, 0.29) is 17.0 Å². The normalized spacial score (nSPS) is 10.4. The van der Waals surface area contributed by atoms with Gasteiger partial charge in [0.15, 0.2) is 5.16 Å². The summed E-state index contributed by atoms with van der Waals surface area (Å²) in [5.41, 5.74) is 5.11. The average molecular weight is 426 g/mol. The lowest BCUT2D eigenvalue weighted by Gasteiger charge is -2.10. The van der Waals surface area contributed by atoms with Gasteiger partial charge in [0.1, 0.15) is 5.82 Å². The van der Waals surface area contributed by atoms with Crippen LogP contribution < -0.4 is 16.2 Å². The van der Waals surface area contributed by atoms with E-state index in [0.29, 0.717) is 17.5 Å². The van der Waals surface area contributed by atoms with E-state index in [1.54, 1.807) is 0 Å². The van der Waals surface area contributed by atoms with E-state index >= 15 is 0 Å². The fourth-order valence-corrected chi connectivity index (χ4v) is 3.20. The Kier molecular flexibility index (Phi) is 6.75. The number of rotatable bonds is 7. The first-order valence-electron chi connectivity index (χ1n) is 8.95. The number of amides is 2. The number of benzene rings is 2. The maximum absolute atomic E-state index is 12.1. The fraction of sp³-hybridized carbons (Fsp3) is 0.158. The molecule has 0 spiro atoms. The molecule has 10 nitrogen and oxygen atoms in total. The maximum Gasteiger partial charge on any atom is 0.270 e. The third-order valence-electron chi connectivity index (χ3n) is 3.89. The highest BCUT2D eigenvalue weighted by atomic mass is 32.2. The molecule has 3 rings (SSSR count). The number of fused-ring (bicyclic) bond motifs is 1. The summed E-state index contributed by atoms with van der Waals surface area (Å²) in [5.74, 6) is -0.474. The zero-order valence-corrected chi connectivity index (χ0v) is 16.7. The Hall–Kier alpha value is -3.73. The van der Waals surface area contributed by atoms with Crippen molar-refractivity contribution >= 4 is 46.0 Å². The molecule has 0 unspecified atom stereocenters. The van der Waals surface area contributed by atoms with E-state index in [0.717, 1.165) is 28.7 Å². The number of hydrazine groups is 1. The lowest BCUT2D eigenvalue weighted by atomic mass is 10.2. The molecule has 2 amide bonds. The topological polar surface area (TPSA) is 139 Å². The Morgan fingerprint density at radius 2 is 1.90 bits per heavy atom. The summed E-state index contributed by atoms with van der Waals surface area (Å²) in [6, 6.07) is 12.8. The first kappa shape index (κ1) is 21.0. The molecule has 0 bridgehead atoms. The van der Waals surface area contributed by atoms with Gasteiger partial charge < -0.3 is 5.32 Å². The number of nitro benzene ring substituents is 1. The Morgan fingerprint density at radius 1 is 1.10 bits per heavy atom. The van der Waals surface area contributed by atoms with Crippen LogP contribution in [0.2, 0.25) is 0 Å². The second-order valence-corrected chi connectivity index (χ2v) is 6.94. The molecule has 0 aliphatic rings. The number of hydrogen-bond acceptors (Lipinski definition) is 8. The van der Waals surface area contributed by atoms with Crippen LogP contribution in [0.15, 0.2) is 53.7 Å². The van der Waals surface area contributed by atoms with Gasteiger partial charge in [-0.3, -0.25) is 30.6 Å². The van der Waals surface area contributed by atoms with Crippen LogP contribution >= 0.6 is 11.8 Å². The van der Waals surface area contributed by atoms with Gasteiger partial charge >= 0.3 is 0 Å². The number of carbonyl (C=O) groups is 2. The van der Waals surface area contributed by atoms with Crippen LogP contribution in [0.3, 0.4) is 0 Å². The molecule has 3 N–H and O–H groups in total. The number of hydrogen-bond donors (Lipinski definition) is 3. The number of nitrogens with zero attached hydrogens (tertiary/aromatic N) is 3. The smallest absolute Gasteiger partial charge is 0.270 e. The monoisotopic (exact) mass is 426 g/mol. The summed E-state index contributed by atoms with van der Waals surface area (Å²) in [7, 11) is 0. The Balaban J connectivity index is 1.59. The lowest BCUT2D eigenvalue weighted by Crippen LogP contribution is -2.42. The lowest BCUT2D eigenvalue weighted by molar-refractivity contribution is -0.384. The zero-order chi connectivity index (χ0) is 21.5. The third kappa shape index (κ3) is 5.20. The van der Waals surface area contributed by atoms with Gasteiger partial charge in [0.05, 0.1) is 16.2 Å². The number of anilines is 1. The maximum atomic E-state index is 12.1. The van der Waals surface area contributed by atoms with Crippen molar-refractivity contribution in [2.45, 2.75) is 12.1 Å². The van der Waals surface area contributed by atoms with Crippen LogP contribution in [0, 0.1) is 10.1 Å². The summed E-state index contributed by atoms with van der Waals surface area (Å²) in [6.07, 6.45) is 0. The number of non-ortho nitro benzene ring substituents is 1. The predicted molar refractivity (Wildman–Crippen MR) is 113 cm³/mol. The third-order valence-corrected chi connectivity index (χ3v) is 4.74. The van der Waals surface area contributed by atoms with Crippen molar-refractivity contribution in [3.8, 4) is 0 Å². The van der Waals surface area contributed by atoms with Crippen molar-refractivity contribution in [3.63, 3.8) is 0 Å². The van der Waals surface area contributed by atoms with Crippen LogP contribution in [0.25, 0.3) is 10.9 Å². The number of aromatic nitrogens is 2. The van der Waals surface area contributed by atoms with Crippen molar-refractivity contribution in [1.82, 2.24) is 20.8 Å². The number of carbonyl (C=O) groups excluding carboxylic acids is 2. The molecule has 0 fully saturated rings. The van der Waals surface area contributed by atoms with E-state index in [1.807, 2.05) is 31.2 Å². The number of thioether (sulfide) groups is 1. The van der Waals surface area contributed by atoms with Gasteiger partial charge in [-0.25, -0.2) is 9.97 Å². The predicted octanol–water partition coefficient (Wildman–Crippen LogP) is 2.52. The minimum Gasteiger partial charge on any atom is -0.370 e. The molecule has 154 valence electrons. The van der Waals surface area contributed by atoms with Crippen molar-refractivity contribution < 1.29 is 14.5 Å². The van der Waals surface area contributed by atoms with E-state index < -0.39 is 16.7 Å². The number of para-hydroxylation sites is 1. The highest BCUT2D eigenvalue weighted by molar-refractivity contribution is 7.99. The van der Waals surface area contributed by atoms with E-state index in [2.05, 4.69) is 26.1 Å². The van der Waals surface area contributed by atoms with Gasteiger partial charge in [0.2, 0.25) is 5.91 Å². The first-order valence-corrected chi connectivity index (χ1v) is 9.93. The summed E-state index contributed by atoms with van der Waals surface area (Å²) in [5, 5.41) is 15.3. The molecular weight excluding hydrogens is 408 g/mol. The molecule has 1 heterocycles. The van der Waals surface area contributed by atoms with Gasteiger partial charge in [-0.15, -0.1) is 0 Å². The molecule has 30 heavy (non-hydrogen) atoms. The largest absolute Gasteiger partial charge is 0.370 e. The molecule has 0 atom stereocenters. The summed E-state index contributed by atoms with van der Waals surface area (Å²) < 4.78 is 0. The van der Waals surface area contributed by atoms with Gasteiger partial charge in [0, 0.05) is 29.6 Å². The molecular formula is C19H18N6O4S. The SMILES string of the molecule is CCNc1nc(SCC(=O)NNC(=O)c2cccc([N+](=O)[O-])c2)nc2ccccc12. The van der Waals surface area contributed by atoms with Crippen LogP contribution in [0.4, 0.5) is 11.5 Å². The molecule has 11 heteroatoms. The molecule has 0 radical (unpaired) electrons. The molecule has 1 aromatic heterocycles. The van der Waals surface area contributed by atoms with E-state index in [1.165, 1.54) is 18.2 Å². The Labute approximate surface area is 175 Å². The van der Waals surface area contributed by atoms with Crippen molar-refractivity contribution in [3.05, 3.63) is 64.2 Å². The fourth-order valence-electron chi connectivity index (χ4n) is 2.55. The molecule has 3 aromatic rings. The zero-order valence-electron chi connectivity index (χ0n) is 15.9. The summed E-state index contributed by atoms with van der Waals surface area (Å²) in [6.45, 7) is 2.65. The molecule has 2 aromatic carbocycles. The standard InChI is InChI=1S/C19H18N6O4S/c1-2-20-17-14-8-3-4-9-15(14)21-19(22-17)30-11-16(26)23-24-18(27)12-6-5-7-13(10-12)25(28)29/h3-10H,2,11H2,1H3,(H,23,26)(H,24,27)(H,20,21,22). The Bertz CT molecular complexity index is 1110. The first-order chi connectivity index (χ1) is 14.5. The minimum absolute atomic E-state index is 0.0286. The highest BCUT2D eigenvalue weighted by Crippen LogP contribution is 2.24. The van der Waals surface area contributed by atoms with Crippen molar-refractivity contribution in [1.29, 1.82) is 0 Å². The molecule has 0 saturated heterocycles. The Morgan fingerprint density at radius 3 is 2.67 bits per heavy atom. The van der Waals surface area contributed by atoms with Gasteiger partial charge in [-0.05, 0) is 25.1 Å². The van der Waals surface area contributed by atoms with Gasteiger partial charge in [-0.2, -0.15) is 0 Å². The van der Waals surface area contributed by atoms with E-state index in [4.69, 9.17) is 0 Å². The number of nitrogens with one attached hydrogen (secondary N) is 3. The minimum atomic E-state index is -0.659. The second-order valence-electron chi connectivity index (χ2n) is 6.00. The molecule has 0 aliphatic carbocycles. The molecule has 0 aliphatic heterocycles. The summed E-state index contributed by atoms with van der Waals surface area (Å²) >= 11 is 1.12. The number of nitro groups is 1. The van der Waals surface area contributed by atoms with Crippen LogP contribution in [0.5, 0.6) is 0 Å². The van der Waals surface area contributed by atoms with E-state index in [9.17, 15) is 19.7 Å².